The lowest BCUT2D eigenvalue weighted by Gasteiger charge is -2.30. The first kappa shape index (κ1) is 15.4. The molecule has 7 nitrogen and oxygen atoms in total. The molecule has 128 valence electrons. The fraction of sp³-hybridized carbons (Fsp3) is 0.588. The lowest BCUT2D eigenvalue weighted by Crippen LogP contribution is -2.39. The molecule has 7 heteroatoms. The molecule has 1 amide bonds. The molecule has 0 saturated carbocycles. The van der Waals surface area contributed by atoms with Gasteiger partial charge in [0.1, 0.15) is 6.26 Å². The third-order valence-corrected chi connectivity index (χ3v) is 4.87. The van der Waals surface area contributed by atoms with E-state index in [0.29, 0.717) is 23.9 Å². The average molecular weight is 331 g/mol. The molecule has 2 aliphatic heterocycles. The molecule has 4 rings (SSSR count). The Morgan fingerprint density at radius 3 is 2.88 bits per heavy atom. The molecule has 24 heavy (non-hydrogen) atoms. The second-order valence-corrected chi connectivity index (χ2v) is 6.48. The quantitative estimate of drug-likeness (QED) is 0.860. The Labute approximate surface area is 140 Å². The number of hydrogen-bond donors (Lipinski definition) is 0. The van der Waals surface area contributed by atoms with Gasteiger partial charge in [0.2, 0.25) is 5.89 Å². The standard InChI is InChI=1S/C17H21N3O4/c21-17(14-5-9-23-11-14)20-6-1-2-13(10-20)16-18-15(19-24-16)12-3-7-22-8-4-12/h5,9,11-13H,1-4,6-8,10H2. The molecule has 2 aromatic heterocycles. The van der Waals surface area contributed by atoms with Gasteiger partial charge in [-0.2, -0.15) is 4.98 Å². The molecule has 0 spiro atoms. The molecular formula is C17H21N3O4. The predicted octanol–water partition coefficient (Wildman–Crippen LogP) is 2.58. The highest BCUT2D eigenvalue weighted by Crippen LogP contribution is 2.30. The number of rotatable bonds is 3. The van der Waals surface area contributed by atoms with Crippen molar-refractivity contribution in [2.45, 2.75) is 37.5 Å². The molecule has 2 fully saturated rings. The van der Waals surface area contributed by atoms with Crippen molar-refractivity contribution < 1.29 is 18.5 Å². The van der Waals surface area contributed by atoms with Crippen LogP contribution >= 0.6 is 0 Å². The fourth-order valence-electron chi connectivity index (χ4n) is 3.47. The second-order valence-electron chi connectivity index (χ2n) is 6.48. The van der Waals surface area contributed by atoms with Crippen LogP contribution < -0.4 is 0 Å². The van der Waals surface area contributed by atoms with Crippen LogP contribution in [0.2, 0.25) is 0 Å². The Kier molecular flexibility index (Phi) is 4.34. The van der Waals surface area contributed by atoms with Crippen molar-refractivity contribution in [2.24, 2.45) is 0 Å². The normalized spacial score (nSPS) is 22.7. The summed E-state index contributed by atoms with van der Waals surface area (Å²) in [5.41, 5.74) is 0.587. The Morgan fingerprint density at radius 1 is 1.21 bits per heavy atom. The van der Waals surface area contributed by atoms with Gasteiger partial charge in [-0.25, -0.2) is 0 Å². The molecule has 1 atom stereocenters. The van der Waals surface area contributed by atoms with E-state index in [1.165, 1.54) is 12.5 Å². The number of piperidine rings is 1. The molecule has 0 aliphatic carbocycles. The van der Waals surface area contributed by atoms with E-state index in [0.717, 1.165) is 51.3 Å². The number of carbonyl (C=O) groups excluding carboxylic acids is 1. The molecule has 0 N–H and O–H groups in total. The molecule has 0 radical (unpaired) electrons. The summed E-state index contributed by atoms with van der Waals surface area (Å²) >= 11 is 0. The van der Waals surface area contributed by atoms with Crippen LogP contribution in [0.4, 0.5) is 0 Å². The fourth-order valence-corrected chi connectivity index (χ4v) is 3.47. The SMILES string of the molecule is O=C(c1ccoc1)N1CCCC(c2nc(C3CCOCC3)no2)C1. The van der Waals surface area contributed by atoms with Gasteiger partial charge in [-0.1, -0.05) is 5.16 Å². The van der Waals surface area contributed by atoms with Gasteiger partial charge in [-0.3, -0.25) is 4.79 Å². The van der Waals surface area contributed by atoms with Gasteiger partial charge >= 0.3 is 0 Å². The predicted molar refractivity (Wildman–Crippen MR) is 83.7 cm³/mol. The van der Waals surface area contributed by atoms with Crippen LogP contribution in [-0.2, 0) is 4.74 Å². The number of hydrogen-bond acceptors (Lipinski definition) is 6. The highest BCUT2D eigenvalue weighted by atomic mass is 16.5. The van der Waals surface area contributed by atoms with Crippen LogP contribution in [0.1, 0.15) is 59.6 Å². The van der Waals surface area contributed by atoms with Crippen LogP contribution in [0, 0.1) is 0 Å². The summed E-state index contributed by atoms with van der Waals surface area (Å²) < 4.78 is 15.9. The van der Waals surface area contributed by atoms with Gasteiger partial charge in [-0.15, -0.1) is 0 Å². The minimum absolute atomic E-state index is 0.00221. The number of likely N-dealkylation sites (tertiary alicyclic amines) is 1. The zero-order chi connectivity index (χ0) is 16.4. The van der Waals surface area contributed by atoms with Crippen LogP contribution in [0.3, 0.4) is 0 Å². The van der Waals surface area contributed by atoms with E-state index >= 15 is 0 Å². The number of aromatic nitrogens is 2. The Hall–Kier alpha value is -2.15. The molecule has 2 aliphatic rings. The van der Waals surface area contributed by atoms with Crippen molar-refractivity contribution in [1.82, 2.24) is 15.0 Å². The zero-order valence-corrected chi connectivity index (χ0v) is 13.5. The van der Waals surface area contributed by atoms with E-state index in [2.05, 4.69) is 10.1 Å². The third kappa shape index (κ3) is 3.08. The van der Waals surface area contributed by atoms with Gasteiger partial charge in [0.15, 0.2) is 5.82 Å². The van der Waals surface area contributed by atoms with Crippen LogP contribution in [0.15, 0.2) is 27.5 Å². The van der Waals surface area contributed by atoms with Gasteiger partial charge in [0, 0.05) is 32.2 Å². The summed E-state index contributed by atoms with van der Waals surface area (Å²) in [5, 5.41) is 4.17. The number of carbonyl (C=O) groups is 1. The van der Waals surface area contributed by atoms with Crippen LogP contribution in [-0.4, -0.2) is 47.3 Å². The lowest BCUT2D eigenvalue weighted by atomic mass is 9.97. The molecular weight excluding hydrogens is 310 g/mol. The maximum absolute atomic E-state index is 12.5. The molecule has 1 unspecified atom stereocenters. The minimum atomic E-state index is -0.00221. The average Bonchev–Trinajstić information content (AvgIpc) is 3.34. The van der Waals surface area contributed by atoms with E-state index in [1.807, 2.05) is 4.90 Å². The lowest BCUT2D eigenvalue weighted by molar-refractivity contribution is 0.0695. The van der Waals surface area contributed by atoms with E-state index in [9.17, 15) is 4.79 Å². The summed E-state index contributed by atoms with van der Waals surface area (Å²) in [4.78, 5) is 18.9. The molecule has 2 saturated heterocycles. The Balaban J connectivity index is 1.44. The van der Waals surface area contributed by atoms with E-state index < -0.39 is 0 Å². The molecule has 4 heterocycles. The summed E-state index contributed by atoms with van der Waals surface area (Å²) in [7, 11) is 0. The molecule has 2 aromatic rings. The first-order valence-corrected chi connectivity index (χ1v) is 8.54. The largest absolute Gasteiger partial charge is 0.472 e. The van der Waals surface area contributed by atoms with Crippen LogP contribution in [0.25, 0.3) is 0 Å². The number of nitrogens with zero attached hydrogens (tertiary/aromatic N) is 3. The number of ether oxygens (including phenoxy) is 1. The zero-order valence-electron chi connectivity index (χ0n) is 13.5. The topological polar surface area (TPSA) is 81.6 Å². The highest BCUT2D eigenvalue weighted by Gasteiger charge is 2.30. The maximum Gasteiger partial charge on any atom is 0.257 e. The minimum Gasteiger partial charge on any atom is -0.472 e. The summed E-state index contributed by atoms with van der Waals surface area (Å²) in [5.74, 6) is 1.87. The highest BCUT2D eigenvalue weighted by molar-refractivity contribution is 5.93. The van der Waals surface area contributed by atoms with E-state index in [-0.39, 0.29) is 11.8 Å². The van der Waals surface area contributed by atoms with Crippen molar-refractivity contribution in [3.63, 3.8) is 0 Å². The van der Waals surface area contributed by atoms with Crippen molar-refractivity contribution in [1.29, 1.82) is 0 Å². The number of furan rings is 1. The molecule has 0 aromatic carbocycles. The maximum atomic E-state index is 12.5. The van der Waals surface area contributed by atoms with E-state index in [1.54, 1.807) is 6.07 Å². The summed E-state index contributed by atoms with van der Waals surface area (Å²) in [6, 6.07) is 1.70. The van der Waals surface area contributed by atoms with Gasteiger partial charge in [0.05, 0.1) is 17.7 Å². The van der Waals surface area contributed by atoms with Crippen molar-refractivity contribution >= 4 is 5.91 Å². The Bertz CT molecular complexity index is 676. The van der Waals surface area contributed by atoms with Crippen molar-refractivity contribution in [3.05, 3.63) is 35.9 Å². The van der Waals surface area contributed by atoms with Crippen LogP contribution in [0.5, 0.6) is 0 Å². The monoisotopic (exact) mass is 331 g/mol. The van der Waals surface area contributed by atoms with Gasteiger partial charge < -0.3 is 18.6 Å². The van der Waals surface area contributed by atoms with Crippen molar-refractivity contribution in [2.75, 3.05) is 26.3 Å². The molecule has 0 bridgehead atoms. The first-order chi connectivity index (χ1) is 11.8. The Morgan fingerprint density at radius 2 is 2.08 bits per heavy atom. The third-order valence-electron chi connectivity index (χ3n) is 4.87. The van der Waals surface area contributed by atoms with Gasteiger partial charge in [-0.05, 0) is 31.7 Å². The van der Waals surface area contributed by atoms with Gasteiger partial charge in [0.25, 0.3) is 5.91 Å². The first-order valence-electron chi connectivity index (χ1n) is 8.54. The second kappa shape index (κ2) is 6.76. The smallest absolute Gasteiger partial charge is 0.257 e. The number of amides is 1. The summed E-state index contributed by atoms with van der Waals surface area (Å²) in [6.07, 6.45) is 6.78. The van der Waals surface area contributed by atoms with Crippen molar-refractivity contribution in [3.8, 4) is 0 Å². The van der Waals surface area contributed by atoms with E-state index in [4.69, 9.17) is 13.7 Å². The summed E-state index contributed by atoms with van der Waals surface area (Å²) in [6.45, 7) is 2.87.